The maximum Gasteiger partial charge on any atom is 0.307 e. The van der Waals surface area contributed by atoms with E-state index in [1.54, 1.807) is 23.7 Å². The second-order valence-electron chi connectivity index (χ2n) is 32.1. The Labute approximate surface area is 731 Å². The molecule has 13 nitrogen and oxygen atoms in total. The Hall–Kier alpha value is -16.7. The molecule has 0 saturated carbocycles. The van der Waals surface area contributed by atoms with Crippen LogP contribution >= 0.6 is 22.7 Å². The zero-order valence-corrected chi connectivity index (χ0v) is 69.3. The predicted octanol–water partition coefficient (Wildman–Crippen LogP) is 29.3. The standard InChI is InChI=1S/C41H24N4O.C40H24N4S.C31H18N4S/c1-2-11-25(12-3-1)36-28-14-4-6-16-30(28)37(31-17-7-5-15-29(31)36)26-20-21-35-34(23-26)45-40-38(27-13-10-22-42-24-27)43-33-19-9-8-18-32(33)39(40)44-41(45)46-35;1-2-10-25(11-3-1)37-39(43-21-9-8-16-35(43)42-37)29-20-18-26-22-28(19-17-27(26)23-29)38-40-31(30-12-4-5-13-32(30)41-38)24-36-44(40)33-14-6-7-15-34(33)45-36;1-2-10-22-19(7-1)8-5-12-23(22)28-30-29(24-11-3-4-13-25(24)33-28)34-31-35(30)26-17-20(14-15-27(26)36-31)21-9-6-16-32-18-21/h1-24H;1-24H;1-18H. The maximum absolute atomic E-state index is 6.43. The van der Waals surface area contributed by atoms with Crippen molar-refractivity contribution >= 4 is 184 Å². The summed E-state index contributed by atoms with van der Waals surface area (Å²) in [5.41, 5.74) is 30.1. The molecule has 0 atom stereocenters. The van der Waals surface area contributed by atoms with E-state index in [0.29, 0.717) is 5.84 Å². The Balaban J connectivity index is 0.000000102. The molecule has 15 aromatic carbocycles. The average Bonchev–Trinajstić information content (AvgIpc) is 1.61. The van der Waals surface area contributed by atoms with Gasteiger partial charge in [-0.3, -0.25) is 27.6 Å². The number of fused-ring (bicyclic) bond motifs is 26. The van der Waals surface area contributed by atoms with Crippen LogP contribution < -0.4 is 0 Å². The fraction of sp³-hybridized carbons (Fsp3) is 0. The van der Waals surface area contributed by atoms with Crippen molar-refractivity contribution in [2.24, 2.45) is 0 Å². The molecule has 0 fully saturated rings. The van der Waals surface area contributed by atoms with E-state index in [9.17, 15) is 0 Å². The normalized spacial score (nSPS) is 11.9. The summed E-state index contributed by atoms with van der Waals surface area (Å²) in [6.45, 7) is 0. The second kappa shape index (κ2) is 29.0. The molecule has 0 saturated heterocycles. The summed E-state index contributed by atoms with van der Waals surface area (Å²) in [5, 5.41) is 14.1. The molecular formula is C112H66N12OS2. The van der Waals surface area contributed by atoms with Crippen molar-refractivity contribution in [3.63, 3.8) is 0 Å². The molecule has 0 aliphatic carbocycles. The van der Waals surface area contributed by atoms with Gasteiger partial charge in [0.05, 0.1) is 76.5 Å². The molecule has 0 aliphatic rings. The van der Waals surface area contributed by atoms with Crippen LogP contribution in [0.25, 0.3) is 251 Å². The van der Waals surface area contributed by atoms with Gasteiger partial charge in [-0.1, -0.05) is 278 Å². The Morgan fingerprint density at radius 3 is 1.54 bits per heavy atom. The van der Waals surface area contributed by atoms with Gasteiger partial charge in [0.25, 0.3) is 0 Å². The first kappa shape index (κ1) is 72.0. The second-order valence-corrected chi connectivity index (χ2v) is 34.2. The van der Waals surface area contributed by atoms with Gasteiger partial charge in [0, 0.05) is 85.9 Å². The molecule has 0 spiro atoms. The van der Waals surface area contributed by atoms with Crippen molar-refractivity contribution in [2.45, 2.75) is 0 Å². The van der Waals surface area contributed by atoms with Crippen molar-refractivity contribution < 1.29 is 4.42 Å². The van der Waals surface area contributed by atoms with Crippen LogP contribution in [0.4, 0.5) is 0 Å². The molecule has 0 aliphatic heterocycles. The van der Waals surface area contributed by atoms with Crippen LogP contribution in [-0.4, -0.2) is 57.5 Å². The van der Waals surface area contributed by atoms with E-state index >= 15 is 0 Å². The molecule has 28 rings (SSSR count). The highest BCUT2D eigenvalue weighted by atomic mass is 32.1. The largest absolute Gasteiger partial charge is 0.423 e. The quantitative estimate of drug-likeness (QED) is 0.136. The number of nitrogens with zero attached hydrogens (tertiary/aromatic N) is 12. The van der Waals surface area contributed by atoms with Gasteiger partial charge in [0.2, 0.25) is 0 Å². The Kier molecular flexibility index (Phi) is 16.4. The molecule has 13 heterocycles. The van der Waals surface area contributed by atoms with Gasteiger partial charge in [0.1, 0.15) is 32.5 Å². The van der Waals surface area contributed by atoms with Crippen LogP contribution in [0.5, 0.6) is 0 Å². The molecular weight excluding hydrogens is 1590 g/mol. The van der Waals surface area contributed by atoms with Crippen LogP contribution in [0.3, 0.4) is 0 Å². The molecule has 592 valence electrons. The number of pyridine rings is 6. The lowest BCUT2D eigenvalue weighted by atomic mass is 9.86. The summed E-state index contributed by atoms with van der Waals surface area (Å²) in [5.74, 6) is 0.541. The average molecular weight is 1660 g/mol. The summed E-state index contributed by atoms with van der Waals surface area (Å²) < 4.78 is 17.9. The molecule has 0 N–H and O–H groups in total. The lowest BCUT2D eigenvalue weighted by molar-refractivity contribution is 0.643. The minimum absolute atomic E-state index is 0.541. The van der Waals surface area contributed by atoms with Crippen LogP contribution in [-0.2, 0) is 0 Å². The van der Waals surface area contributed by atoms with Crippen LogP contribution in [0.15, 0.2) is 405 Å². The van der Waals surface area contributed by atoms with Crippen molar-refractivity contribution in [2.75, 3.05) is 0 Å². The van der Waals surface area contributed by atoms with E-state index in [1.165, 1.54) is 90.3 Å². The smallest absolute Gasteiger partial charge is 0.307 e. The van der Waals surface area contributed by atoms with E-state index in [2.05, 4.69) is 349 Å². The maximum atomic E-state index is 6.43. The number of aromatic nitrogens is 12. The Morgan fingerprint density at radius 1 is 0.276 bits per heavy atom. The van der Waals surface area contributed by atoms with Crippen molar-refractivity contribution in [1.82, 2.24) is 57.5 Å². The third-order valence-electron chi connectivity index (χ3n) is 24.9. The van der Waals surface area contributed by atoms with Gasteiger partial charge in [-0.2, -0.15) is 4.98 Å². The monoisotopic (exact) mass is 1660 g/mol. The van der Waals surface area contributed by atoms with E-state index in [0.717, 1.165) is 155 Å². The molecule has 28 aromatic rings. The minimum atomic E-state index is 0.541. The molecule has 127 heavy (non-hydrogen) atoms. The molecule has 13 aromatic heterocycles. The Morgan fingerprint density at radius 2 is 0.819 bits per heavy atom. The van der Waals surface area contributed by atoms with Gasteiger partial charge in [-0.15, -0.1) is 11.3 Å². The van der Waals surface area contributed by atoms with Gasteiger partial charge < -0.3 is 4.42 Å². The first-order valence-electron chi connectivity index (χ1n) is 42.3. The van der Waals surface area contributed by atoms with Crippen LogP contribution in [0.1, 0.15) is 0 Å². The summed E-state index contributed by atoms with van der Waals surface area (Å²) >= 11 is 3.55. The van der Waals surface area contributed by atoms with E-state index in [4.69, 9.17) is 34.3 Å². The fourth-order valence-electron chi connectivity index (χ4n) is 19.3. The zero-order valence-electron chi connectivity index (χ0n) is 67.7. The number of imidazole rings is 3. The number of para-hydroxylation sites is 4. The highest BCUT2D eigenvalue weighted by Crippen LogP contribution is 2.48. The topological polar surface area (TPSA) is 134 Å². The van der Waals surface area contributed by atoms with Crippen LogP contribution in [0.2, 0.25) is 0 Å². The van der Waals surface area contributed by atoms with Gasteiger partial charge >= 0.3 is 5.84 Å². The first-order chi connectivity index (χ1) is 63.0. The molecule has 0 radical (unpaired) electrons. The highest BCUT2D eigenvalue weighted by molar-refractivity contribution is 7.24. The summed E-state index contributed by atoms with van der Waals surface area (Å²) in [6.07, 6.45) is 9.45. The summed E-state index contributed by atoms with van der Waals surface area (Å²) in [4.78, 5) is 41.9. The number of oxazole rings is 1. The number of benzene rings is 15. The highest BCUT2D eigenvalue weighted by Gasteiger charge is 2.27. The van der Waals surface area contributed by atoms with Gasteiger partial charge in [-0.25, -0.2) is 24.9 Å². The molecule has 0 amide bonds. The Bertz CT molecular complexity index is 9310. The molecule has 15 heteroatoms. The number of rotatable bonds is 8. The minimum Gasteiger partial charge on any atom is -0.423 e. The predicted molar refractivity (Wildman–Crippen MR) is 525 cm³/mol. The van der Waals surface area contributed by atoms with Crippen LogP contribution in [0, 0.1) is 0 Å². The third-order valence-corrected chi connectivity index (χ3v) is 27.0. The number of thiazole rings is 2. The zero-order chi connectivity index (χ0) is 83.3. The molecule has 0 bridgehead atoms. The lowest BCUT2D eigenvalue weighted by Crippen LogP contribution is -1.93. The SMILES string of the molecule is c1ccc(-c2c3ccccc3c(-c3ccc4oc5nc6c7ccccc7nc(-c7cccnc7)c6n5c4c3)c3ccccc23)cc1.c1ccc(-c2nc3ccccn3c2-c2ccc3cc(-c4nc5ccccc5c5cc6sc7ccccc7n6c45)ccc3c2)cc1.c1cncc(-c2ccc3sc4nc5c6ccccc6nc(-c6cccc7ccccc67)c5n4c3c2)c1. The number of hydrogen-bond donors (Lipinski definition) is 0. The molecule has 0 unspecified atom stereocenters. The van der Waals surface area contributed by atoms with E-state index < -0.39 is 0 Å². The van der Waals surface area contributed by atoms with E-state index in [-0.39, 0.29) is 0 Å². The van der Waals surface area contributed by atoms with Crippen molar-refractivity contribution in [3.8, 4) is 89.7 Å². The van der Waals surface area contributed by atoms with Crippen molar-refractivity contribution in [3.05, 3.63) is 401 Å². The van der Waals surface area contributed by atoms with E-state index in [1.807, 2.05) is 78.3 Å². The first-order valence-corrected chi connectivity index (χ1v) is 44.0. The van der Waals surface area contributed by atoms with Gasteiger partial charge in [-0.05, 0) is 174 Å². The number of hydrogen-bond acceptors (Lipinski definition) is 11. The summed E-state index contributed by atoms with van der Waals surface area (Å²) in [6, 6.07) is 130. The third kappa shape index (κ3) is 11.6. The van der Waals surface area contributed by atoms with Crippen molar-refractivity contribution in [1.29, 1.82) is 0 Å². The summed E-state index contributed by atoms with van der Waals surface area (Å²) in [7, 11) is 0. The van der Waals surface area contributed by atoms with Gasteiger partial charge in [0.15, 0.2) is 10.5 Å². The fourth-order valence-corrected chi connectivity index (χ4v) is 21.3. The lowest BCUT2D eigenvalue weighted by Gasteiger charge is -2.17.